The van der Waals surface area contributed by atoms with Gasteiger partial charge in [0.1, 0.15) is 5.69 Å². The predicted molar refractivity (Wildman–Crippen MR) is 87.9 cm³/mol. The van der Waals surface area contributed by atoms with Crippen LogP contribution in [0.1, 0.15) is 0 Å². The van der Waals surface area contributed by atoms with Crippen LogP contribution in [0.2, 0.25) is 0 Å². The van der Waals surface area contributed by atoms with Gasteiger partial charge in [0, 0.05) is 30.2 Å². The standard InChI is InChI=1S/C14H18BrN3O5/c1-16(9-14(19)20)7-11-8-17(4-5-23-11)13-6-10(15)2-3-12(13)18(21)22/h2-3,6,11H,4-5,7-9H2,1H3,(H,19,20). The Hall–Kier alpha value is -1.71. The predicted octanol–water partition coefficient (Wildman–Crippen LogP) is 1.58. The topological polar surface area (TPSA) is 96.2 Å². The maximum absolute atomic E-state index is 11.2. The summed E-state index contributed by atoms with van der Waals surface area (Å²) in [5.41, 5.74) is 0.589. The number of benzene rings is 1. The van der Waals surface area contributed by atoms with Gasteiger partial charge in [-0.25, -0.2) is 0 Å². The lowest BCUT2D eigenvalue weighted by atomic mass is 10.2. The number of likely N-dealkylation sites (N-methyl/N-ethyl adjacent to an activating group) is 1. The van der Waals surface area contributed by atoms with Gasteiger partial charge >= 0.3 is 5.97 Å². The molecule has 126 valence electrons. The number of anilines is 1. The Bertz CT molecular complexity index is 598. The van der Waals surface area contributed by atoms with Gasteiger partial charge in [-0.2, -0.15) is 0 Å². The maximum atomic E-state index is 11.2. The van der Waals surface area contributed by atoms with Crippen LogP contribution in [0.3, 0.4) is 0 Å². The molecule has 1 fully saturated rings. The molecule has 1 unspecified atom stereocenters. The fraction of sp³-hybridized carbons (Fsp3) is 0.500. The summed E-state index contributed by atoms with van der Waals surface area (Å²) in [5, 5.41) is 20.0. The Labute approximate surface area is 141 Å². The summed E-state index contributed by atoms with van der Waals surface area (Å²) in [6.07, 6.45) is -0.202. The minimum atomic E-state index is -0.900. The van der Waals surface area contributed by atoms with Gasteiger partial charge in [0.25, 0.3) is 5.69 Å². The third-order valence-electron chi connectivity index (χ3n) is 3.53. The van der Waals surface area contributed by atoms with Crippen molar-refractivity contribution in [2.45, 2.75) is 6.10 Å². The van der Waals surface area contributed by atoms with Crippen molar-refractivity contribution in [2.75, 3.05) is 44.7 Å². The summed E-state index contributed by atoms with van der Waals surface area (Å²) in [7, 11) is 1.71. The fourth-order valence-corrected chi connectivity index (χ4v) is 2.94. The van der Waals surface area contributed by atoms with Gasteiger partial charge in [0.2, 0.25) is 0 Å². The molecule has 8 nitrogen and oxygen atoms in total. The minimum absolute atomic E-state index is 0.0488. The number of hydrogen-bond acceptors (Lipinski definition) is 6. The first kappa shape index (κ1) is 17.6. The summed E-state index contributed by atoms with van der Waals surface area (Å²) in [6, 6.07) is 4.84. The molecule has 0 amide bonds. The lowest BCUT2D eigenvalue weighted by Crippen LogP contribution is -2.47. The Kier molecular flexibility index (Phi) is 5.91. The molecule has 0 aromatic heterocycles. The van der Waals surface area contributed by atoms with Gasteiger partial charge < -0.3 is 14.7 Å². The van der Waals surface area contributed by atoms with Gasteiger partial charge in [0.05, 0.1) is 24.2 Å². The molecule has 9 heteroatoms. The fourth-order valence-electron chi connectivity index (χ4n) is 2.60. The highest BCUT2D eigenvalue weighted by atomic mass is 79.9. The van der Waals surface area contributed by atoms with Crippen molar-refractivity contribution >= 4 is 33.3 Å². The van der Waals surface area contributed by atoms with Crippen molar-refractivity contribution in [3.63, 3.8) is 0 Å². The Morgan fingerprint density at radius 3 is 3.00 bits per heavy atom. The van der Waals surface area contributed by atoms with E-state index in [2.05, 4.69) is 15.9 Å². The lowest BCUT2D eigenvalue weighted by Gasteiger charge is -2.35. The van der Waals surface area contributed by atoms with E-state index in [1.165, 1.54) is 6.07 Å². The van der Waals surface area contributed by atoms with Gasteiger partial charge in [-0.15, -0.1) is 0 Å². The number of ether oxygens (including phenoxy) is 1. The summed E-state index contributed by atoms with van der Waals surface area (Å²) in [4.78, 5) is 25.1. The second kappa shape index (κ2) is 7.71. The van der Waals surface area contributed by atoms with Crippen LogP contribution in [0.5, 0.6) is 0 Å². The van der Waals surface area contributed by atoms with E-state index in [1.807, 2.05) is 4.90 Å². The number of hydrogen-bond donors (Lipinski definition) is 1. The highest BCUT2D eigenvalue weighted by molar-refractivity contribution is 9.10. The Morgan fingerprint density at radius 2 is 2.35 bits per heavy atom. The molecule has 1 heterocycles. The average Bonchev–Trinajstić information content (AvgIpc) is 2.46. The van der Waals surface area contributed by atoms with Crippen molar-refractivity contribution in [3.8, 4) is 0 Å². The molecule has 0 bridgehead atoms. The molecule has 1 aromatic rings. The van der Waals surface area contributed by atoms with Gasteiger partial charge in [-0.3, -0.25) is 19.8 Å². The summed E-state index contributed by atoms with van der Waals surface area (Å²) in [5.74, 6) is -0.900. The zero-order chi connectivity index (χ0) is 17.0. The molecular weight excluding hydrogens is 370 g/mol. The first-order chi connectivity index (χ1) is 10.9. The molecule has 23 heavy (non-hydrogen) atoms. The molecule has 1 saturated heterocycles. The van der Waals surface area contributed by atoms with E-state index in [-0.39, 0.29) is 18.3 Å². The molecule has 1 aliphatic rings. The van der Waals surface area contributed by atoms with Crippen LogP contribution in [-0.2, 0) is 9.53 Å². The van der Waals surface area contributed by atoms with E-state index in [0.717, 1.165) is 4.47 Å². The molecule has 1 aromatic carbocycles. The van der Waals surface area contributed by atoms with Crippen LogP contribution in [-0.4, -0.2) is 66.8 Å². The number of morpholine rings is 1. The molecule has 1 N–H and O–H groups in total. The monoisotopic (exact) mass is 387 g/mol. The third-order valence-corrected chi connectivity index (χ3v) is 4.03. The van der Waals surface area contributed by atoms with E-state index in [1.54, 1.807) is 24.1 Å². The minimum Gasteiger partial charge on any atom is -0.480 e. The maximum Gasteiger partial charge on any atom is 0.317 e. The molecule has 2 rings (SSSR count). The van der Waals surface area contributed by atoms with Crippen molar-refractivity contribution in [1.82, 2.24) is 4.90 Å². The van der Waals surface area contributed by atoms with Gasteiger partial charge in [-0.05, 0) is 19.2 Å². The molecule has 1 atom stereocenters. The Balaban J connectivity index is 2.10. The largest absolute Gasteiger partial charge is 0.480 e. The van der Waals surface area contributed by atoms with Crippen molar-refractivity contribution in [2.24, 2.45) is 0 Å². The second-order valence-electron chi connectivity index (χ2n) is 5.42. The molecule has 0 saturated carbocycles. The summed E-state index contributed by atoms with van der Waals surface area (Å²) < 4.78 is 6.42. The number of carbonyl (C=O) groups is 1. The SMILES string of the molecule is CN(CC(=O)O)CC1CN(c2cc(Br)ccc2[N+](=O)[O-])CCO1. The average molecular weight is 388 g/mol. The first-order valence-corrected chi connectivity index (χ1v) is 7.87. The van der Waals surface area contributed by atoms with E-state index in [4.69, 9.17) is 9.84 Å². The van der Waals surface area contributed by atoms with Crippen LogP contribution in [0.4, 0.5) is 11.4 Å². The summed E-state index contributed by atoms with van der Waals surface area (Å²) in [6.45, 7) is 1.84. The zero-order valence-corrected chi connectivity index (χ0v) is 14.2. The normalized spacial score (nSPS) is 18.2. The Morgan fingerprint density at radius 1 is 1.61 bits per heavy atom. The highest BCUT2D eigenvalue weighted by Gasteiger charge is 2.27. The van der Waals surface area contributed by atoms with E-state index in [9.17, 15) is 14.9 Å². The van der Waals surface area contributed by atoms with Crippen molar-refractivity contribution in [1.29, 1.82) is 0 Å². The van der Waals surface area contributed by atoms with Gasteiger partial charge in [0.15, 0.2) is 0 Å². The second-order valence-corrected chi connectivity index (χ2v) is 6.34. The van der Waals surface area contributed by atoms with Crippen molar-refractivity contribution < 1.29 is 19.6 Å². The third kappa shape index (κ3) is 4.88. The van der Waals surface area contributed by atoms with Crippen molar-refractivity contribution in [3.05, 3.63) is 32.8 Å². The van der Waals surface area contributed by atoms with Gasteiger partial charge in [-0.1, -0.05) is 15.9 Å². The molecule has 1 aliphatic heterocycles. The first-order valence-electron chi connectivity index (χ1n) is 7.07. The number of halogens is 1. The molecule has 0 aliphatic carbocycles. The van der Waals surface area contributed by atoms with E-state index < -0.39 is 10.9 Å². The van der Waals surface area contributed by atoms with E-state index in [0.29, 0.717) is 31.9 Å². The van der Waals surface area contributed by atoms with E-state index >= 15 is 0 Å². The number of aliphatic carboxylic acids is 1. The molecule has 0 spiro atoms. The quantitative estimate of drug-likeness (QED) is 0.584. The summed E-state index contributed by atoms with van der Waals surface area (Å²) >= 11 is 3.34. The lowest BCUT2D eigenvalue weighted by molar-refractivity contribution is -0.384. The highest BCUT2D eigenvalue weighted by Crippen LogP contribution is 2.32. The number of nitro groups is 1. The van der Waals surface area contributed by atoms with Crippen LogP contribution in [0.15, 0.2) is 22.7 Å². The number of carboxylic acid groups (broad SMARTS) is 1. The number of carboxylic acids is 1. The molecular formula is C14H18BrN3O5. The number of rotatable bonds is 6. The number of nitrogens with zero attached hydrogens (tertiary/aromatic N) is 3. The van der Waals surface area contributed by atoms with Crippen LogP contribution < -0.4 is 4.90 Å². The number of nitro benzene ring substituents is 1. The molecule has 0 radical (unpaired) electrons. The zero-order valence-electron chi connectivity index (χ0n) is 12.6. The van der Waals surface area contributed by atoms with Crippen LogP contribution >= 0.6 is 15.9 Å². The van der Waals surface area contributed by atoms with Crippen LogP contribution in [0, 0.1) is 10.1 Å². The van der Waals surface area contributed by atoms with Crippen LogP contribution in [0.25, 0.3) is 0 Å². The smallest absolute Gasteiger partial charge is 0.317 e.